The molecule has 0 spiro atoms. The van der Waals surface area contributed by atoms with Gasteiger partial charge in [0.2, 0.25) is 0 Å². The van der Waals surface area contributed by atoms with Crippen molar-refractivity contribution >= 4 is 34.8 Å². The Balaban J connectivity index is 1.57. The van der Waals surface area contributed by atoms with Gasteiger partial charge in [-0.3, -0.25) is 0 Å². The molecule has 0 aliphatic carbocycles. The van der Waals surface area contributed by atoms with Gasteiger partial charge in [0.05, 0.1) is 6.10 Å². The number of thiocarbonyl (C=S) groups is 1. The lowest BCUT2D eigenvalue weighted by atomic mass is 10.2. The highest BCUT2D eigenvalue weighted by atomic mass is 32.2. The smallest absolute Gasteiger partial charge is 0.170 e. The van der Waals surface area contributed by atoms with Gasteiger partial charge in [-0.1, -0.05) is 30.3 Å². The maximum atomic E-state index is 5.63. The van der Waals surface area contributed by atoms with Crippen molar-refractivity contribution < 1.29 is 4.74 Å². The van der Waals surface area contributed by atoms with Crippen LogP contribution in [0.25, 0.3) is 0 Å². The molecule has 0 aliphatic heterocycles. The highest BCUT2D eigenvalue weighted by molar-refractivity contribution is 7.98. The van der Waals surface area contributed by atoms with Crippen molar-refractivity contribution in [1.29, 1.82) is 0 Å². The molecule has 0 bridgehead atoms. The second kappa shape index (κ2) is 11.0. The van der Waals surface area contributed by atoms with E-state index in [0.29, 0.717) is 5.11 Å². The SMILES string of the molecule is CC(C)Oc1ccc(NC(=S)NCCCSCc2ccccc2)cc1. The fourth-order valence-electron chi connectivity index (χ4n) is 2.20. The molecule has 2 rings (SSSR count). The Bertz CT molecular complexity index is 630. The van der Waals surface area contributed by atoms with E-state index < -0.39 is 0 Å². The minimum Gasteiger partial charge on any atom is -0.491 e. The number of thioether (sulfide) groups is 1. The summed E-state index contributed by atoms with van der Waals surface area (Å²) in [6.45, 7) is 4.91. The Labute approximate surface area is 160 Å². The average Bonchev–Trinajstić information content (AvgIpc) is 2.60. The zero-order chi connectivity index (χ0) is 17.9. The van der Waals surface area contributed by atoms with E-state index in [1.807, 2.05) is 49.9 Å². The minimum atomic E-state index is 0.182. The van der Waals surface area contributed by atoms with Crippen LogP contribution in [0.4, 0.5) is 5.69 Å². The van der Waals surface area contributed by atoms with Gasteiger partial charge in [0, 0.05) is 18.0 Å². The normalized spacial score (nSPS) is 10.5. The molecular weight excluding hydrogens is 348 g/mol. The lowest BCUT2D eigenvalue weighted by Crippen LogP contribution is -2.29. The first-order valence-electron chi connectivity index (χ1n) is 8.57. The van der Waals surface area contributed by atoms with E-state index in [0.717, 1.165) is 35.9 Å². The molecule has 0 saturated carbocycles. The quantitative estimate of drug-likeness (QED) is 0.472. The van der Waals surface area contributed by atoms with Gasteiger partial charge in [0.15, 0.2) is 5.11 Å². The summed E-state index contributed by atoms with van der Waals surface area (Å²) in [5.41, 5.74) is 2.34. The topological polar surface area (TPSA) is 33.3 Å². The molecule has 0 unspecified atom stereocenters. The maximum Gasteiger partial charge on any atom is 0.170 e. The molecule has 0 atom stereocenters. The van der Waals surface area contributed by atoms with Gasteiger partial charge >= 0.3 is 0 Å². The van der Waals surface area contributed by atoms with Crippen LogP contribution in [0.3, 0.4) is 0 Å². The predicted molar refractivity (Wildman–Crippen MR) is 114 cm³/mol. The molecule has 0 saturated heterocycles. The fraction of sp³-hybridized carbons (Fsp3) is 0.350. The molecule has 134 valence electrons. The van der Waals surface area contributed by atoms with Crippen LogP contribution in [0.15, 0.2) is 54.6 Å². The number of hydrogen-bond donors (Lipinski definition) is 2. The van der Waals surface area contributed by atoms with Crippen LogP contribution in [0.5, 0.6) is 5.75 Å². The summed E-state index contributed by atoms with van der Waals surface area (Å²) in [6, 6.07) is 18.4. The summed E-state index contributed by atoms with van der Waals surface area (Å²) in [4.78, 5) is 0. The van der Waals surface area contributed by atoms with Crippen LogP contribution in [-0.2, 0) is 5.75 Å². The Hall–Kier alpha value is -1.72. The number of ether oxygens (including phenoxy) is 1. The minimum absolute atomic E-state index is 0.182. The van der Waals surface area contributed by atoms with Crippen molar-refractivity contribution in [3.05, 3.63) is 60.2 Å². The molecule has 25 heavy (non-hydrogen) atoms. The largest absolute Gasteiger partial charge is 0.491 e. The summed E-state index contributed by atoms with van der Waals surface area (Å²) >= 11 is 7.28. The second-order valence-corrected chi connectivity index (χ2v) is 7.48. The molecule has 2 aromatic carbocycles. The van der Waals surface area contributed by atoms with Crippen LogP contribution < -0.4 is 15.4 Å². The van der Waals surface area contributed by atoms with Crippen molar-refractivity contribution in [2.45, 2.75) is 32.1 Å². The lowest BCUT2D eigenvalue weighted by Gasteiger charge is -2.12. The number of benzene rings is 2. The van der Waals surface area contributed by atoms with E-state index in [-0.39, 0.29) is 6.10 Å². The van der Waals surface area contributed by atoms with Crippen LogP contribution in [0, 0.1) is 0 Å². The number of rotatable bonds is 9. The summed E-state index contributed by atoms with van der Waals surface area (Å²) in [7, 11) is 0. The van der Waals surface area contributed by atoms with Gasteiger partial charge in [-0.05, 0) is 68.1 Å². The number of nitrogens with one attached hydrogen (secondary N) is 2. The molecule has 0 heterocycles. The van der Waals surface area contributed by atoms with Gasteiger partial charge < -0.3 is 15.4 Å². The first kappa shape index (κ1) is 19.6. The summed E-state index contributed by atoms with van der Waals surface area (Å²) in [5.74, 6) is 3.05. The van der Waals surface area contributed by atoms with Gasteiger partial charge in [-0.15, -0.1) is 0 Å². The van der Waals surface area contributed by atoms with E-state index >= 15 is 0 Å². The molecule has 0 aromatic heterocycles. The Morgan fingerprint density at radius 3 is 2.48 bits per heavy atom. The maximum absolute atomic E-state index is 5.63. The van der Waals surface area contributed by atoms with Crippen molar-refractivity contribution in [2.24, 2.45) is 0 Å². The van der Waals surface area contributed by atoms with Crippen LogP contribution in [0.2, 0.25) is 0 Å². The van der Waals surface area contributed by atoms with Gasteiger partial charge in [-0.2, -0.15) is 11.8 Å². The molecule has 2 aromatic rings. The first-order chi connectivity index (χ1) is 12.1. The molecule has 0 fully saturated rings. The summed E-state index contributed by atoms with van der Waals surface area (Å²) < 4.78 is 5.63. The molecular formula is C20H26N2OS2. The van der Waals surface area contributed by atoms with Crippen molar-refractivity contribution in [3.63, 3.8) is 0 Å². The van der Waals surface area contributed by atoms with Gasteiger partial charge in [0.25, 0.3) is 0 Å². The molecule has 2 N–H and O–H groups in total. The van der Waals surface area contributed by atoms with Crippen LogP contribution >= 0.6 is 24.0 Å². The standard InChI is InChI=1S/C20H26N2OS2/c1-16(2)23-19-11-9-18(10-12-19)22-20(24)21-13-6-14-25-15-17-7-4-3-5-8-17/h3-5,7-12,16H,6,13-15H2,1-2H3,(H2,21,22,24). The third kappa shape index (κ3) is 8.27. The summed E-state index contributed by atoms with van der Waals surface area (Å²) in [6.07, 6.45) is 1.27. The predicted octanol–water partition coefficient (Wildman–Crippen LogP) is 5.08. The fourth-order valence-corrected chi connectivity index (χ4v) is 3.35. The third-order valence-electron chi connectivity index (χ3n) is 3.35. The molecule has 0 aliphatic rings. The van der Waals surface area contributed by atoms with Crippen LogP contribution in [0.1, 0.15) is 25.8 Å². The zero-order valence-electron chi connectivity index (χ0n) is 14.8. The molecule has 0 radical (unpaired) electrons. The van der Waals surface area contributed by atoms with E-state index in [1.165, 1.54) is 5.56 Å². The summed E-state index contributed by atoms with van der Waals surface area (Å²) in [5, 5.41) is 7.11. The highest BCUT2D eigenvalue weighted by Crippen LogP contribution is 2.17. The average molecular weight is 375 g/mol. The highest BCUT2D eigenvalue weighted by Gasteiger charge is 2.00. The van der Waals surface area contributed by atoms with E-state index in [9.17, 15) is 0 Å². The van der Waals surface area contributed by atoms with Crippen molar-refractivity contribution in [2.75, 3.05) is 17.6 Å². The van der Waals surface area contributed by atoms with Gasteiger partial charge in [-0.25, -0.2) is 0 Å². The zero-order valence-corrected chi connectivity index (χ0v) is 16.5. The lowest BCUT2D eigenvalue weighted by molar-refractivity contribution is 0.242. The third-order valence-corrected chi connectivity index (χ3v) is 4.71. The second-order valence-electron chi connectivity index (χ2n) is 5.96. The Morgan fingerprint density at radius 2 is 1.80 bits per heavy atom. The van der Waals surface area contributed by atoms with Crippen molar-refractivity contribution in [3.8, 4) is 5.75 Å². The van der Waals surface area contributed by atoms with E-state index in [2.05, 4.69) is 41.0 Å². The molecule has 3 nitrogen and oxygen atoms in total. The molecule has 0 amide bonds. The van der Waals surface area contributed by atoms with Crippen LogP contribution in [-0.4, -0.2) is 23.5 Å². The van der Waals surface area contributed by atoms with E-state index in [1.54, 1.807) is 0 Å². The Kier molecular flexibility index (Phi) is 8.63. The molecule has 5 heteroatoms. The number of anilines is 1. The number of hydrogen-bond acceptors (Lipinski definition) is 3. The van der Waals surface area contributed by atoms with E-state index in [4.69, 9.17) is 17.0 Å². The first-order valence-corrected chi connectivity index (χ1v) is 10.1. The van der Waals surface area contributed by atoms with Crippen molar-refractivity contribution in [1.82, 2.24) is 5.32 Å². The van der Waals surface area contributed by atoms with Gasteiger partial charge in [0.1, 0.15) is 5.75 Å². The monoisotopic (exact) mass is 374 g/mol. The Morgan fingerprint density at radius 1 is 1.08 bits per heavy atom.